The number of benzene rings is 1. The van der Waals surface area contributed by atoms with E-state index in [4.69, 9.17) is 4.74 Å². The average Bonchev–Trinajstić information content (AvgIpc) is 2.53. The number of carbonyl (C=O) groups excluding carboxylic acids is 1. The third-order valence-electron chi connectivity index (χ3n) is 4.07. The smallest absolute Gasteiger partial charge is 0.246 e. The van der Waals surface area contributed by atoms with Crippen LogP contribution in [-0.4, -0.2) is 42.2 Å². The largest absolute Gasteiger partial charge is 0.497 e. The van der Waals surface area contributed by atoms with Crippen molar-refractivity contribution >= 4 is 12.0 Å². The van der Waals surface area contributed by atoms with Gasteiger partial charge in [0.15, 0.2) is 0 Å². The van der Waals surface area contributed by atoms with Crippen LogP contribution in [0.3, 0.4) is 0 Å². The van der Waals surface area contributed by atoms with Crippen LogP contribution in [0.15, 0.2) is 30.3 Å². The highest BCUT2D eigenvalue weighted by molar-refractivity contribution is 5.91. The second-order valence-electron chi connectivity index (χ2n) is 5.47. The molecule has 0 heterocycles. The number of rotatable bonds is 4. The molecule has 0 spiro atoms. The molecule has 2 unspecified atom stereocenters. The molecule has 0 saturated heterocycles. The molecular weight excluding hydrogens is 266 g/mol. The Morgan fingerprint density at radius 1 is 1.29 bits per heavy atom. The average molecular weight is 289 g/mol. The molecule has 1 aliphatic carbocycles. The summed E-state index contributed by atoms with van der Waals surface area (Å²) in [4.78, 5) is 13.8. The monoisotopic (exact) mass is 289 g/mol. The van der Waals surface area contributed by atoms with E-state index in [9.17, 15) is 9.90 Å². The summed E-state index contributed by atoms with van der Waals surface area (Å²) in [6.07, 6.45) is 6.71. The zero-order valence-electron chi connectivity index (χ0n) is 12.7. The summed E-state index contributed by atoms with van der Waals surface area (Å²) >= 11 is 0. The second kappa shape index (κ2) is 7.27. The van der Waals surface area contributed by atoms with Gasteiger partial charge in [0.1, 0.15) is 5.75 Å². The maximum atomic E-state index is 12.2. The number of amides is 1. The molecule has 2 rings (SSSR count). The lowest BCUT2D eigenvalue weighted by Crippen LogP contribution is -2.45. The van der Waals surface area contributed by atoms with Gasteiger partial charge in [0.2, 0.25) is 5.91 Å². The van der Waals surface area contributed by atoms with E-state index >= 15 is 0 Å². The zero-order chi connectivity index (χ0) is 15.2. The van der Waals surface area contributed by atoms with Gasteiger partial charge in [-0.1, -0.05) is 25.0 Å². The predicted octanol–water partition coefficient (Wildman–Crippen LogP) is 2.47. The maximum absolute atomic E-state index is 12.2. The maximum Gasteiger partial charge on any atom is 0.246 e. The molecule has 4 nitrogen and oxygen atoms in total. The van der Waals surface area contributed by atoms with E-state index in [1.54, 1.807) is 31.2 Å². The van der Waals surface area contributed by atoms with E-state index in [1.165, 1.54) is 0 Å². The fourth-order valence-electron chi connectivity index (χ4n) is 2.71. The summed E-state index contributed by atoms with van der Waals surface area (Å²) in [6.45, 7) is 0. The highest BCUT2D eigenvalue weighted by Gasteiger charge is 2.28. The first-order chi connectivity index (χ1) is 10.1. The van der Waals surface area contributed by atoms with Crippen LogP contribution in [0.25, 0.3) is 6.08 Å². The summed E-state index contributed by atoms with van der Waals surface area (Å²) in [5, 5.41) is 10.00. The molecule has 0 aromatic heterocycles. The first-order valence-electron chi connectivity index (χ1n) is 7.39. The SMILES string of the molecule is COc1ccc(/C=C/C(=O)N(C)C2CCCCC2O)cc1. The van der Waals surface area contributed by atoms with Crippen molar-refractivity contribution in [2.24, 2.45) is 0 Å². The Kier molecular flexibility index (Phi) is 5.39. The second-order valence-corrected chi connectivity index (χ2v) is 5.47. The van der Waals surface area contributed by atoms with Gasteiger partial charge in [-0.2, -0.15) is 0 Å². The van der Waals surface area contributed by atoms with Crippen molar-refractivity contribution in [2.45, 2.75) is 37.8 Å². The highest BCUT2D eigenvalue weighted by Crippen LogP contribution is 2.22. The van der Waals surface area contributed by atoms with Crippen molar-refractivity contribution in [2.75, 3.05) is 14.2 Å². The Hall–Kier alpha value is -1.81. The van der Waals surface area contributed by atoms with Crippen LogP contribution in [0.5, 0.6) is 5.75 Å². The summed E-state index contributed by atoms with van der Waals surface area (Å²) in [6, 6.07) is 7.46. The molecule has 4 heteroatoms. The van der Waals surface area contributed by atoms with Crippen molar-refractivity contribution in [3.8, 4) is 5.75 Å². The molecule has 1 fully saturated rings. The molecule has 1 N–H and O–H groups in total. The summed E-state index contributed by atoms with van der Waals surface area (Å²) < 4.78 is 5.10. The van der Waals surface area contributed by atoms with Crippen LogP contribution in [0, 0.1) is 0 Å². The molecular formula is C17H23NO3. The van der Waals surface area contributed by atoms with E-state index < -0.39 is 6.10 Å². The first-order valence-corrected chi connectivity index (χ1v) is 7.39. The Balaban J connectivity index is 1.97. The molecule has 1 aromatic carbocycles. The van der Waals surface area contributed by atoms with Gasteiger partial charge >= 0.3 is 0 Å². The highest BCUT2D eigenvalue weighted by atomic mass is 16.5. The van der Waals surface area contributed by atoms with Crippen molar-refractivity contribution < 1.29 is 14.6 Å². The molecule has 1 saturated carbocycles. The molecule has 1 aliphatic rings. The number of hydrogen-bond donors (Lipinski definition) is 1. The number of hydrogen-bond acceptors (Lipinski definition) is 3. The summed E-state index contributed by atoms with van der Waals surface area (Å²) in [5.74, 6) is 0.720. The van der Waals surface area contributed by atoms with Gasteiger partial charge in [0.05, 0.1) is 19.3 Å². The molecule has 2 atom stereocenters. The summed E-state index contributed by atoms with van der Waals surface area (Å²) in [5.41, 5.74) is 0.946. The van der Waals surface area contributed by atoms with Gasteiger partial charge in [0.25, 0.3) is 0 Å². The molecule has 0 radical (unpaired) electrons. The molecule has 21 heavy (non-hydrogen) atoms. The first kappa shape index (κ1) is 15.6. The van der Waals surface area contributed by atoms with Gasteiger partial charge in [0, 0.05) is 13.1 Å². The Morgan fingerprint density at radius 3 is 2.57 bits per heavy atom. The van der Waals surface area contributed by atoms with E-state index in [0.717, 1.165) is 37.0 Å². The summed E-state index contributed by atoms with van der Waals surface area (Å²) in [7, 11) is 3.39. The fraction of sp³-hybridized carbons (Fsp3) is 0.471. The van der Waals surface area contributed by atoms with E-state index in [-0.39, 0.29) is 11.9 Å². The van der Waals surface area contributed by atoms with Crippen LogP contribution in [0.1, 0.15) is 31.2 Å². The van der Waals surface area contributed by atoms with Gasteiger partial charge in [-0.3, -0.25) is 4.79 Å². The minimum Gasteiger partial charge on any atom is -0.497 e. The third kappa shape index (κ3) is 4.08. The Bertz CT molecular complexity index is 495. The van der Waals surface area contributed by atoms with Gasteiger partial charge < -0.3 is 14.7 Å². The van der Waals surface area contributed by atoms with Crippen LogP contribution in [-0.2, 0) is 4.79 Å². The number of ether oxygens (including phenoxy) is 1. The Morgan fingerprint density at radius 2 is 1.95 bits per heavy atom. The number of aliphatic hydroxyl groups excluding tert-OH is 1. The normalized spacial score (nSPS) is 22.2. The predicted molar refractivity (Wildman–Crippen MR) is 83.1 cm³/mol. The number of methoxy groups -OCH3 is 1. The van der Waals surface area contributed by atoms with Crippen LogP contribution in [0.2, 0.25) is 0 Å². The van der Waals surface area contributed by atoms with Gasteiger partial charge in [-0.25, -0.2) is 0 Å². The number of nitrogens with zero attached hydrogens (tertiary/aromatic N) is 1. The van der Waals surface area contributed by atoms with Crippen molar-refractivity contribution in [3.63, 3.8) is 0 Å². The van der Waals surface area contributed by atoms with Crippen LogP contribution < -0.4 is 4.74 Å². The Labute approximate surface area is 126 Å². The zero-order valence-corrected chi connectivity index (χ0v) is 12.7. The lowest BCUT2D eigenvalue weighted by molar-refractivity contribution is -0.130. The molecule has 0 aliphatic heterocycles. The van der Waals surface area contributed by atoms with Crippen molar-refractivity contribution in [3.05, 3.63) is 35.9 Å². The van der Waals surface area contributed by atoms with E-state index in [2.05, 4.69) is 0 Å². The lowest BCUT2D eigenvalue weighted by Gasteiger charge is -2.34. The van der Waals surface area contributed by atoms with E-state index in [0.29, 0.717) is 0 Å². The third-order valence-corrected chi connectivity index (χ3v) is 4.07. The fourth-order valence-corrected chi connectivity index (χ4v) is 2.71. The van der Waals surface area contributed by atoms with Gasteiger partial charge in [-0.15, -0.1) is 0 Å². The van der Waals surface area contributed by atoms with Crippen LogP contribution in [0.4, 0.5) is 0 Å². The number of aliphatic hydroxyl groups is 1. The molecule has 1 amide bonds. The molecule has 114 valence electrons. The van der Waals surface area contributed by atoms with Gasteiger partial charge in [-0.05, 0) is 36.6 Å². The molecule has 1 aromatic rings. The minimum absolute atomic E-state index is 0.0632. The topological polar surface area (TPSA) is 49.8 Å². The standard InChI is InChI=1S/C17H23NO3/c1-18(15-5-3-4-6-16(15)19)17(20)12-9-13-7-10-14(21-2)11-8-13/h7-12,15-16,19H,3-6H2,1-2H3/b12-9+. The molecule has 0 bridgehead atoms. The van der Waals surface area contributed by atoms with Crippen LogP contribution >= 0.6 is 0 Å². The van der Waals surface area contributed by atoms with Crippen molar-refractivity contribution in [1.29, 1.82) is 0 Å². The van der Waals surface area contributed by atoms with Crippen molar-refractivity contribution in [1.82, 2.24) is 4.90 Å². The van der Waals surface area contributed by atoms with E-state index in [1.807, 2.05) is 24.3 Å². The number of carbonyl (C=O) groups is 1. The quantitative estimate of drug-likeness (QED) is 0.866. The number of likely N-dealkylation sites (N-methyl/N-ethyl adjacent to an activating group) is 1. The lowest BCUT2D eigenvalue weighted by atomic mass is 9.91. The minimum atomic E-state index is -0.401.